The number of methoxy groups -OCH3 is 2. The molecule has 6 heteroatoms. The van der Waals surface area contributed by atoms with E-state index in [9.17, 15) is 15.0 Å². The normalized spacial score (nSPS) is 25.0. The van der Waals surface area contributed by atoms with Gasteiger partial charge in [-0.1, -0.05) is 24.3 Å². The Labute approximate surface area is 151 Å². The maximum absolute atomic E-state index is 12.5. The van der Waals surface area contributed by atoms with E-state index in [2.05, 4.69) is 0 Å². The van der Waals surface area contributed by atoms with Crippen LogP contribution in [0.15, 0.2) is 48.5 Å². The van der Waals surface area contributed by atoms with E-state index in [1.54, 1.807) is 62.8 Å². The molecule has 1 aliphatic heterocycles. The van der Waals surface area contributed by atoms with Crippen LogP contribution in [0.3, 0.4) is 0 Å². The Morgan fingerprint density at radius 1 is 1.08 bits per heavy atom. The van der Waals surface area contributed by atoms with E-state index in [0.717, 1.165) is 0 Å². The van der Waals surface area contributed by atoms with Crippen molar-refractivity contribution < 1.29 is 29.2 Å². The lowest BCUT2D eigenvalue weighted by atomic mass is 9.80. The molecule has 26 heavy (non-hydrogen) atoms. The third-order valence-corrected chi connectivity index (χ3v) is 4.79. The maximum atomic E-state index is 12.5. The van der Waals surface area contributed by atoms with Crippen LogP contribution in [0.1, 0.15) is 17.2 Å². The Balaban J connectivity index is 1.92. The summed E-state index contributed by atoms with van der Waals surface area (Å²) in [5.74, 6) is -0.304. The highest BCUT2D eigenvalue weighted by molar-refractivity contribution is 5.83. The van der Waals surface area contributed by atoms with Crippen molar-refractivity contribution in [3.05, 3.63) is 59.7 Å². The van der Waals surface area contributed by atoms with Gasteiger partial charge in [0.25, 0.3) is 0 Å². The van der Waals surface area contributed by atoms with Gasteiger partial charge in [0.2, 0.25) is 0 Å². The standard InChI is InChI=1S/C20H22O6/c1-24-15-7-3-5-13(9-15)11-20(23)17(12-21)18(26-19(20)22)14-6-4-8-16(10-14)25-2/h3-10,17-18,21,23H,11-12H2,1-2H3/t17-,18?,20-/m1/s1. The minimum Gasteiger partial charge on any atom is -0.497 e. The third kappa shape index (κ3) is 3.25. The lowest BCUT2D eigenvalue weighted by Crippen LogP contribution is -2.45. The molecule has 0 aliphatic carbocycles. The number of benzene rings is 2. The van der Waals surface area contributed by atoms with Crippen molar-refractivity contribution in [2.24, 2.45) is 5.92 Å². The fourth-order valence-electron chi connectivity index (χ4n) is 3.36. The summed E-state index contributed by atoms with van der Waals surface area (Å²) in [6.45, 7) is -0.395. The van der Waals surface area contributed by atoms with Crippen LogP contribution in [0.2, 0.25) is 0 Å². The number of cyclic esters (lactones) is 1. The van der Waals surface area contributed by atoms with Crippen LogP contribution >= 0.6 is 0 Å². The minimum absolute atomic E-state index is 0.0225. The molecule has 0 radical (unpaired) electrons. The van der Waals surface area contributed by atoms with Gasteiger partial charge in [-0.2, -0.15) is 0 Å². The van der Waals surface area contributed by atoms with Gasteiger partial charge in [-0.25, -0.2) is 4.79 Å². The van der Waals surface area contributed by atoms with Crippen LogP contribution in [-0.2, 0) is 16.0 Å². The van der Waals surface area contributed by atoms with E-state index in [4.69, 9.17) is 14.2 Å². The highest BCUT2D eigenvalue weighted by Gasteiger charge is 2.56. The van der Waals surface area contributed by atoms with E-state index in [-0.39, 0.29) is 6.42 Å². The molecule has 2 N–H and O–H groups in total. The number of esters is 1. The molecule has 0 amide bonds. The molecule has 3 rings (SSSR count). The van der Waals surface area contributed by atoms with Gasteiger partial charge in [0, 0.05) is 6.42 Å². The van der Waals surface area contributed by atoms with Crippen LogP contribution in [0.25, 0.3) is 0 Å². The highest BCUT2D eigenvalue weighted by atomic mass is 16.6. The van der Waals surface area contributed by atoms with Crippen molar-refractivity contribution in [2.45, 2.75) is 18.1 Å². The zero-order valence-corrected chi connectivity index (χ0v) is 14.7. The van der Waals surface area contributed by atoms with Crippen LogP contribution < -0.4 is 9.47 Å². The monoisotopic (exact) mass is 358 g/mol. The first-order chi connectivity index (χ1) is 12.5. The molecule has 2 aromatic rings. The second-order valence-corrected chi connectivity index (χ2v) is 6.34. The van der Waals surface area contributed by atoms with Gasteiger partial charge < -0.3 is 24.4 Å². The molecule has 1 aliphatic rings. The number of aliphatic hydroxyl groups is 2. The van der Waals surface area contributed by atoms with E-state index < -0.39 is 30.2 Å². The lowest BCUT2D eigenvalue weighted by Gasteiger charge is -2.26. The molecule has 0 spiro atoms. The Bertz CT molecular complexity index is 789. The molecule has 0 bridgehead atoms. The van der Waals surface area contributed by atoms with Crippen LogP contribution in [-0.4, -0.2) is 42.6 Å². The molecular weight excluding hydrogens is 336 g/mol. The SMILES string of the molecule is COc1cccc(C[C@]2(O)C(=O)OC(c3cccc(OC)c3)[C@H]2CO)c1. The summed E-state index contributed by atoms with van der Waals surface area (Å²) < 4.78 is 15.9. The summed E-state index contributed by atoms with van der Waals surface area (Å²) >= 11 is 0. The Hall–Kier alpha value is -2.57. The fourth-order valence-corrected chi connectivity index (χ4v) is 3.36. The van der Waals surface area contributed by atoms with Gasteiger partial charge in [-0.3, -0.25) is 0 Å². The number of hydrogen-bond acceptors (Lipinski definition) is 6. The van der Waals surface area contributed by atoms with Gasteiger partial charge in [0.1, 0.15) is 17.6 Å². The van der Waals surface area contributed by atoms with Gasteiger partial charge in [-0.05, 0) is 35.4 Å². The summed E-state index contributed by atoms with van der Waals surface area (Å²) in [6, 6.07) is 14.2. The first-order valence-corrected chi connectivity index (χ1v) is 8.33. The largest absolute Gasteiger partial charge is 0.497 e. The van der Waals surface area contributed by atoms with E-state index in [0.29, 0.717) is 22.6 Å². The van der Waals surface area contributed by atoms with Crippen molar-refractivity contribution in [2.75, 3.05) is 20.8 Å². The van der Waals surface area contributed by atoms with Crippen molar-refractivity contribution >= 4 is 5.97 Å². The third-order valence-electron chi connectivity index (χ3n) is 4.79. The van der Waals surface area contributed by atoms with Gasteiger partial charge in [0.05, 0.1) is 26.7 Å². The van der Waals surface area contributed by atoms with Crippen molar-refractivity contribution in [3.8, 4) is 11.5 Å². The van der Waals surface area contributed by atoms with Crippen LogP contribution in [0.4, 0.5) is 0 Å². The molecule has 6 nitrogen and oxygen atoms in total. The smallest absolute Gasteiger partial charge is 0.339 e. The summed E-state index contributed by atoms with van der Waals surface area (Å²) in [6.07, 6.45) is -0.729. The van der Waals surface area contributed by atoms with Gasteiger partial charge >= 0.3 is 5.97 Å². The zero-order chi connectivity index (χ0) is 18.7. The minimum atomic E-state index is -1.82. The summed E-state index contributed by atoms with van der Waals surface area (Å²) in [4.78, 5) is 12.5. The molecular formula is C20H22O6. The van der Waals surface area contributed by atoms with Crippen molar-refractivity contribution in [3.63, 3.8) is 0 Å². The predicted molar refractivity (Wildman–Crippen MR) is 94.1 cm³/mol. The Morgan fingerprint density at radius 2 is 1.73 bits per heavy atom. The number of ether oxygens (including phenoxy) is 3. The van der Waals surface area contributed by atoms with Crippen molar-refractivity contribution in [1.29, 1.82) is 0 Å². The van der Waals surface area contributed by atoms with Crippen LogP contribution in [0, 0.1) is 5.92 Å². The molecule has 2 aromatic carbocycles. The molecule has 0 saturated carbocycles. The number of rotatable bonds is 6. The Kier molecular flexibility index (Phi) is 5.15. The summed E-state index contributed by atoms with van der Waals surface area (Å²) in [5, 5.41) is 21.0. The maximum Gasteiger partial charge on any atom is 0.339 e. The average molecular weight is 358 g/mol. The topological polar surface area (TPSA) is 85.2 Å². The number of hydrogen-bond donors (Lipinski definition) is 2. The second kappa shape index (κ2) is 7.35. The summed E-state index contributed by atoms with van der Waals surface area (Å²) in [5.41, 5.74) is -0.443. The number of carbonyl (C=O) groups is 1. The van der Waals surface area contributed by atoms with Crippen LogP contribution in [0.5, 0.6) is 11.5 Å². The first-order valence-electron chi connectivity index (χ1n) is 8.33. The molecule has 1 unspecified atom stereocenters. The number of aliphatic hydroxyl groups excluding tert-OH is 1. The Morgan fingerprint density at radius 3 is 2.38 bits per heavy atom. The van der Waals surface area contributed by atoms with Gasteiger partial charge in [-0.15, -0.1) is 0 Å². The second-order valence-electron chi connectivity index (χ2n) is 6.34. The highest BCUT2D eigenvalue weighted by Crippen LogP contribution is 2.44. The zero-order valence-electron chi connectivity index (χ0n) is 14.7. The van der Waals surface area contributed by atoms with Crippen molar-refractivity contribution in [1.82, 2.24) is 0 Å². The number of carbonyl (C=O) groups excluding carboxylic acids is 1. The average Bonchev–Trinajstić information content (AvgIpc) is 2.92. The molecule has 0 aromatic heterocycles. The lowest BCUT2D eigenvalue weighted by molar-refractivity contribution is -0.156. The quantitative estimate of drug-likeness (QED) is 0.767. The molecule has 1 fully saturated rings. The fraction of sp³-hybridized carbons (Fsp3) is 0.350. The molecule has 3 atom stereocenters. The van der Waals surface area contributed by atoms with E-state index >= 15 is 0 Å². The molecule has 1 saturated heterocycles. The van der Waals surface area contributed by atoms with E-state index in [1.807, 2.05) is 0 Å². The molecule has 138 valence electrons. The van der Waals surface area contributed by atoms with Gasteiger partial charge in [0.15, 0.2) is 5.60 Å². The van der Waals surface area contributed by atoms with E-state index in [1.165, 1.54) is 0 Å². The summed E-state index contributed by atoms with van der Waals surface area (Å²) in [7, 11) is 3.09. The predicted octanol–water partition coefficient (Wildman–Crippen LogP) is 1.88. The molecule has 1 heterocycles. The first kappa shape index (κ1) is 18.2.